The van der Waals surface area contributed by atoms with E-state index in [0.29, 0.717) is 34.0 Å². The molecular formula is C20H15BrN8O2S. The van der Waals surface area contributed by atoms with Gasteiger partial charge in [0.1, 0.15) is 17.1 Å². The molecule has 0 saturated carbocycles. The molecule has 1 aliphatic rings. The molecule has 12 heteroatoms. The van der Waals surface area contributed by atoms with Crippen LogP contribution in [-0.4, -0.2) is 32.0 Å². The van der Waals surface area contributed by atoms with E-state index in [9.17, 15) is 4.79 Å². The summed E-state index contributed by atoms with van der Waals surface area (Å²) in [4.78, 5) is 26.4. The van der Waals surface area contributed by atoms with E-state index in [4.69, 9.17) is 9.41 Å². The molecule has 160 valence electrons. The number of hydrogen-bond acceptors (Lipinski definition) is 10. The Morgan fingerprint density at radius 3 is 2.94 bits per heavy atom. The Bertz CT molecular complexity index is 1330. The Labute approximate surface area is 194 Å². The normalized spacial score (nSPS) is 15.9. The standard InChI is InChI=1S/C20H15BrN8O2S/c1-10-15(17(30)27-20-29-23-9-32-20)16(11-6-7-22-8-12(11)21)26-18(24-10)28-19-25-13-4-2-3-5-14(13)31-19/h2-9,16H,1H3,(H,27,29,30)(H2,24,25,26,28). The molecule has 10 nitrogen and oxygen atoms in total. The molecular weight excluding hydrogens is 496 g/mol. The molecule has 5 rings (SSSR count). The first-order valence-corrected chi connectivity index (χ1v) is 11.1. The second-order valence-corrected chi connectivity index (χ2v) is 8.44. The molecule has 0 spiro atoms. The summed E-state index contributed by atoms with van der Waals surface area (Å²) in [5, 5.41) is 17.0. The van der Waals surface area contributed by atoms with Gasteiger partial charge in [-0.2, -0.15) is 4.98 Å². The second kappa shape index (κ2) is 8.48. The van der Waals surface area contributed by atoms with Gasteiger partial charge in [-0.3, -0.25) is 20.4 Å². The van der Waals surface area contributed by atoms with Crippen LogP contribution in [0.4, 0.5) is 11.1 Å². The maximum Gasteiger partial charge on any atom is 0.302 e. The first kappa shape index (κ1) is 20.3. The van der Waals surface area contributed by atoms with Crippen molar-refractivity contribution >= 4 is 61.4 Å². The fraction of sp³-hybridized carbons (Fsp3) is 0.100. The summed E-state index contributed by atoms with van der Waals surface area (Å²) < 4.78 is 6.47. The van der Waals surface area contributed by atoms with E-state index in [-0.39, 0.29) is 5.91 Å². The van der Waals surface area contributed by atoms with Crippen molar-refractivity contribution in [2.24, 2.45) is 4.99 Å². The van der Waals surface area contributed by atoms with E-state index in [1.807, 2.05) is 30.3 Å². The molecule has 32 heavy (non-hydrogen) atoms. The summed E-state index contributed by atoms with van der Waals surface area (Å²) in [5.74, 6) is 0.0698. The zero-order chi connectivity index (χ0) is 22.1. The predicted molar refractivity (Wildman–Crippen MR) is 124 cm³/mol. The number of pyridine rings is 1. The Morgan fingerprint density at radius 1 is 1.28 bits per heavy atom. The SMILES string of the molecule is CC1=C(C(=O)Nc2nncs2)C(c2ccncc2Br)N=C(Nc2nc3ccccc3o2)N1. The minimum absolute atomic E-state index is 0.291. The lowest BCUT2D eigenvalue weighted by molar-refractivity contribution is -0.113. The fourth-order valence-electron chi connectivity index (χ4n) is 3.29. The highest BCUT2D eigenvalue weighted by Gasteiger charge is 2.31. The van der Waals surface area contributed by atoms with Crippen molar-refractivity contribution in [3.05, 3.63) is 69.5 Å². The van der Waals surface area contributed by atoms with E-state index in [1.54, 1.807) is 24.8 Å². The van der Waals surface area contributed by atoms with Crippen molar-refractivity contribution in [3.63, 3.8) is 0 Å². The van der Waals surface area contributed by atoms with E-state index < -0.39 is 6.04 Å². The summed E-state index contributed by atoms with van der Waals surface area (Å²) in [5.41, 5.74) is 4.77. The van der Waals surface area contributed by atoms with E-state index in [0.717, 1.165) is 15.6 Å². The Hall–Kier alpha value is -3.64. The molecule has 1 aromatic carbocycles. The first-order valence-electron chi connectivity index (χ1n) is 9.43. The molecule has 3 N–H and O–H groups in total. The van der Waals surface area contributed by atoms with Gasteiger partial charge >= 0.3 is 6.01 Å². The van der Waals surface area contributed by atoms with Crippen LogP contribution in [0.5, 0.6) is 0 Å². The third kappa shape index (κ3) is 3.97. The lowest BCUT2D eigenvalue weighted by Gasteiger charge is -2.26. The third-order valence-corrected chi connectivity index (χ3v) is 5.95. The van der Waals surface area contributed by atoms with Gasteiger partial charge in [0, 0.05) is 22.6 Å². The number of carbonyl (C=O) groups excluding carboxylic acids is 1. The number of nitrogens with one attached hydrogen (secondary N) is 3. The molecule has 4 aromatic rings. The topological polar surface area (TPSA) is 130 Å². The number of halogens is 1. The van der Waals surface area contributed by atoms with Gasteiger partial charge in [-0.05, 0) is 46.6 Å². The van der Waals surface area contributed by atoms with Crippen LogP contribution in [0.3, 0.4) is 0 Å². The maximum atomic E-state index is 13.1. The summed E-state index contributed by atoms with van der Waals surface area (Å²) >= 11 is 4.76. The first-order chi connectivity index (χ1) is 15.6. The molecule has 0 bridgehead atoms. The molecule has 0 radical (unpaired) electrons. The van der Waals surface area contributed by atoms with Crippen LogP contribution >= 0.6 is 27.3 Å². The quantitative estimate of drug-likeness (QED) is 0.377. The predicted octanol–water partition coefficient (Wildman–Crippen LogP) is 3.86. The second-order valence-electron chi connectivity index (χ2n) is 6.75. The van der Waals surface area contributed by atoms with Crippen LogP contribution in [0.2, 0.25) is 0 Å². The van der Waals surface area contributed by atoms with Crippen molar-refractivity contribution in [3.8, 4) is 0 Å². The molecule has 1 aliphatic heterocycles. The number of anilines is 2. The highest BCUT2D eigenvalue weighted by molar-refractivity contribution is 9.10. The fourth-order valence-corrected chi connectivity index (χ4v) is 4.19. The van der Waals surface area contributed by atoms with Gasteiger partial charge in [0.2, 0.25) is 11.1 Å². The zero-order valence-electron chi connectivity index (χ0n) is 16.5. The van der Waals surface area contributed by atoms with Crippen molar-refractivity contribution in [2.75, 3.05) is 10.6 Å². The van der Waals surface area contributed by atoms with Gasteiger partial charge in [-0.25, -0.2) is 4.99 Å². The smallest absolute Gasteiger partial charge is 0.302 e. The number of aliphatic imine (C=N–C) groups is 1. The number of aromatic nitrogens is 4. The number of fused-ring (bicyclic) bond motifs is 1. The van der Waals surface area contributed by atoms with Gasteiger partial charge in [-0.15, -0.1) is 10.2 Å². The number of hydrogen-bond donors (Lipinski definition) is 3. The number of nitrogens with zero attached hydrogens (tertiary/aromatic N) is 5. The summed E-state index contributed by atoms with van der Waals surface area (Å²) in [7, 11) is 0. The Kier molecular flexibility index (Phi) is 5.37. The van der Waals surface area contributed by atoms with Crippen molar-refractivity contribution < 1.29 is 9.21 Å². The number of para-hydroxylation sites is 2. The molecule has 1 amide bonds. The van der Waals surface area contributed by atoms with Crippen molar-refractivity contribution in [1.82, 2.24) is 25.5 Å². The Balaban J connectivity index is 1.50. The summed E-state index contributed by atoms with van der Waals surface area (Å²) in [6.45, 7) is 1.81. The molecule has 0 saturated heterocycles. The van der Waals surface area contributed by atoms with Gasteiger partial charge < -0.3 is 9.73 Å². The van der Waals surface area contributed by atoms with Crippen LogP contribution < -0.4 is 16.0 Å². The molecule has 0 aliphatic carbocycles. The van der Waals surface area contributed by atoms with E-state index in [2.05, 4.69) is 52.0 Å². The van der Waals surface area contributed by atoms with Crippen molar-refractivity contribution in [1.29, 1.82) is 0 Å². The van der Waals surface area contributed by atoms with E-state index >= 15 is 0 Å². The average molecular weight is 511 g/mol. The number of allylic oxidation sites excluding steroid dienone is 1. The van der Waals surface area contributed by atoms with Crippen LogP contribution in [0.25, 0.3) is 11.1 Å². The van der Waals surface area contributed by atoms with Gasteiger partial charge in [0.25, 0.3) is 5.91 Å². The number of oxazole rings is 1. The zero-order valence-corrected chi connectivity index (χ0v) is 18.9. The van der Waals surface area contributed by atoms with Gasteiger partial charge in [0.05, 0.1) is 5.57 Å². The van der Waals surface area contributed by atoms with Gasteiger partial charge in [0.15, 0.2) is 5.58 Å². The molecule has 1 unspecified atom stereocenters. The third-order valence-electron chi connectivity index (χ3n) is 4.68. The highest BCUT2D eigenvalue weighted by atomic mass is 79.9. The number of amides is 1. The maximum absolute atomic E-state index is 13.1. The molecule has 1 atom stereocenters. The largest absolute Gasteiger partial charge is 0.423 e. The van der Waals surface area contributed by atoms with Crippen LogP contribution in [-0.2, 0) is 4.79 Å². The number of carbonyl (C=O) groups is 1. The van der Waals surface area contributed by atoms with Crippen LogP contribution in [0, 0.1) is 0 Å². The van der Waals surface area contributed by atoms with E-state index in [1.165, 1.54) is 11.3 Å². The lowest BCUT2D eigenvalue weighted by Crippen LogP contribution is -2.37. The summed E-state index contributed by atoms with van der Waals surface area (Å²) in [6, 6.07) is 8.94. The molecule has 4 heterocycles. The monoisotopic (exact) mass is 510 g/mol. The number of guanidine groups is 1. The average Bonchev–Trinajstić information content (AvgIpc) is 3.42. The minimum Gasteiger partial charge on any atom is -0.423 e. The summed E-state index contributed by atoms with van der Waals surface area (Å²) in [6.07, 6.45) is 3.32. The minimum atomic E-state index is -0.617. The number of benzene rings is 1. The molecule has 3 aromatic heterocycles. The van der Waals surface area contributed by atoms with Crippen LogP contribution in [0.15, 0.2) is 73.4 Å². The van der Waals surface area contributed by atoms with Gasteiger partial charge in [-0.1, -0.05) is 23.5 Å². The van der Waals surface area contributed by atoms with Crippen molar-refractivity contribution in [2.45, 2.75) is 13.0 Å². The van der Waals surface area contributed by atoms with Crippen LogP contribution in [0.1, 0.15) is 18.5 Å². The number of rotatable bonds is 4. The molecule has 0 fully saturated rings. The highest BCUT2D eigenvalue weighted by Crippen LogP contribution is 2.35. The lowest BCUT2D eigenvalue weighted by atomic mass is 9.96. The Morgan fingerprint density at radius 2 is 2.16 bits per heavy atom.